The summed E-state index contributed by atoms with van der Waals surface area (Å²) in [6, 6.07) is 0. The van der Waals surface area contributed by atoms with E-state index in [1.165, 1.54) is 0 Å². The number of rotatable bonds is 2. The Kier molecular flexibility index (Phi) is 4.44. The predicted octanol–water partition coefficient (Wildman–Crippen LogP) is 4.64. The van der Waals surface area contributed by atoms with Gasteiger partial charge in [0.25, 0.3) is 5.54 Å². The molecular weight excluding hydrogens is 392 g/mol. The van der Waals surface area contributed by atoms with Gasteiger partial charge in [-0.3, -0.25) is 9.59 Å². The number of hydrogen-bond acceptors (Lipinski definition) is 4. The van der Waals surface area contributed by atoms with Crippen LogP contribution in [0.15, 0.2) is 23.3 Å². The third-order valence-corrected chi connectivity index (χ3v) is 9.09. The van der Waals surface area contributed by atoms with E-state index >= 15 is 0 Å². The van der Waals surface area contributed by atoms with E-state index in [0.717, 1.165) is 53.6 Å². The lowest BCUT2D eigenvalue weighted by atomic mass is 9.50. The van der Waals surface area contributed by atoms with E-state index in [2.05, 4.69) is 0 Å². The minimum atomic E-state index is -0.798. The summed E-state index contributed by atoms with van der Waals surface area (Å²) in [6.07, 6.45) is 8.22. The van der Waals surface area contributed by atoms with Gasteiger partial charge in [-0.1, -0.05) is 26.8 Å². The van der Waals surface area contributed by atoms with Crippen LogP contribution in [0.1, 0.15) is 87.0 Å². The van der Waals surface area contributed by atoms with Crippen molar-refractivity contribution in [1.82, 2.24) is 0 Å². The fraction of sp³-hybridized carbons (Fsp3) is 0.720. The molecule has 0 unspecified atom stereocenters. The van der Waals surface area contributed by atoms with Gasteiger partial charge >= 0.3 is 5.84 Å². The number of hydrogen-bond donors (Lipinski definition) is 0. The van der Waals surface area contributed by atoms with Crippen molar-refractivity contribution in [1.29, 1.82) is 0 Å². The number of Topliss-reactive ketones (excluding diaryl/α,β-unsaturated/α-hetero) is 1. The number of hydroxylamine groups is 1. The second-order valence-electron chi connectivity index (χ2n) is 12.2. The van der Waals surface area contributed by atoms with Crippen molar-refractivity contribution < 1.29 is 19.1 Å². The average molecular weight is 428 g/mol. The van der Waals surface area contributed by atoms with Crippen LogP contribution in [0.2, 0.25) is 0 Å². The number of nitroso groups, excluding NO2 is 1. The lowest BCUT2D eigenvalue weighted by Gasteiger charge is -2.51. The van der Waals surface area contributed by atoms with Crippen LogP contribution in [0.3, 0.4) is 0 Å². The maximum absolute atomic E-state index is 13.3. The topological polar surface area (TPSA) is 80.3 Å². The number of carbonyl (C=O) groups excluding carboxylic acids is 2. The van der Waals surface area contributed by atoms with Crippen molar-refractivity contribution in [3.8, 4) is 0 Å². The molecule has 2 bridgehead atoms. The van der Waals surface area contributed by atoms with Crippen LogP contribution in [-0.2, 0) is 9.59 Å². The third-order valence-electron chi connectivity index (χ3n) is 9.09. The van der Waals surface area contributed by atoms with Crippen molar-refractivity contribution in [3.05, 3.63) is 33.4 Å². The molecular formula is C25H35N2O4+. The Morgan fingerprint density at radius 2 is 1.32 bits per heavy atom. The monoisotopic (exact) mass is 427 g/mol. The molecule has 0 saturated heterocycles. The molecule has 6 heteroatoms. The Labute approximate surface area is 184 Å². The van der Waals surface area contributed by atoms with Crippen molar-refractivity contribution in [2.45, 2.75) is 98.1 Å². The molecule has 0 aromatic carbocycles. The van der Waals surface area contributed by atoms with Gasteiger partial charge in [0, 0.05) is 38.2 Å². The number of amidine groups is 1. The van der Waals surface area contributed by atoms with E-state index in [9.17, 15) is 19.7 Å². The summed E-state index contributed by atoms with van der Waals surface area (Å²) < 4.78 is 1.97. The molecule has 0 amide bonds. The van der Waals surface area contributed by atoms with Crippen molar-refractivity contribution in [3.63, 3.8) is 0 Å². The molecule has 3 fully saturated rings. The number of carbonyl (C=O) groups is 2. The van der Waals surface area contributed by atoms with Crippen LogP contribution in [0.4, 0.5) is 0 Å². The first-order valence-electron chi connectivity index (χ1n) is 11.4. The first-order chi connectivity index (χ1) is 14.1. The van der Waals surface area contributed by atoms with Gasteiger partial charge < -0.3 is 5.21 Å². The Hall–Kier alpha value is -2.11. The lowest BCUT2D eigenvalue weighted by molar-refractivity contribution is -0.555. The Morgan fingerprint density at radius 3 is 1.74 bits per heavy atom. The maximum Gasteiger partial charge on any atom is 0.478 e. The highest BCUT2D eigenvalue weighted by Crippen LogP contribution is 2.62. The fourth-order valence-corrected chi connectivity index (χ4v) is 5.96. The molecule has 0 aromatic rings. The quantitative estimate of drug-likeness (QED) is 0.278. The van der Waals surface area contributed by atoms with Gasteiger partial charge in [-0.05, 0) is 61.0 Å². The Balaban J connectivity index is 1.68. The molecule has 0 aromatic heterocycles. The zero-order chi connectivity index (χ0) is 23.2. The summed E-state index contributed by atoms with van der Waals surface area (Å²) in [6.45, 7) is 13.3. The first-order valence-corrected chi connectivity index (χ1v) is 11.4. The molecule has 6 nitrogen and oxygen atoms in total. The smallest absolute Gasteiger partial charge is 0.478 e. The first kappa shape index (κ1) is 22.1. The lowest BCUT2D eigenvalue weighted by Crippen LogP contribution is -2.52. The van der Waals surface area contributed by atoms with Gasteiger partial charge in [0.2, 0.25) is 17.1 Å². The minimum Gasteiger partial charge on any atom is -0.619 e. The van der Waals surface area contributed by atoms with Crippen LogP contribution in [-0.4, -0.2) is 38.0 Å². The summed E-state index contributed by atoms with van der Waals surface area (Å²) in [7, 11) is 0. The third kappa shape index (κ3) is 2.79. The van der Waals surface area contributed by atoms with Crippen LogP contribution in [0.25, 0.3) is 0 Å². The molecule has 5 rings (SSSR count). The SMILES string of the molecule is CC(C)(C)C1=CC(C23CCC(C4=[N+]([O-])C(C)(C)C(C)(C)[N+]4=O)(CC2)CC3)=CC(=O)C1=O. The predicted molar refractivity (Wildman–Crippen MR) is 119 cm³/mol. The normalized spacial score (nSPS) is 34.9. The van der Waals surface area contributed by atoms with Gasteiger partial charge in [-0.25, -0.2) is 0 Å². The number of nitrogens with zero attached hydrogens (tertiary/aromatic N) is 2. The van der Waals surface area contributed by atoms with E-state index in [1.54, 1.807) is 6.08 Å². The largest absolute Gasteiger partial charge is 0.619 e. The zero-order valence-corrected chi connectivity index (χ0v) is 19.9. The van der Waals surface area contributed by atoms with Gasteiger partial charge in [-0.15, -0.1) is 4.74 Å². The van der Waals surface area contributed by atoms with Crippen LogP contribution in [0, 0.1) is 26.4 Å². The fourth-order valence-electron chi connectivity index (χ4n) is 5.96. The van der Waals surface area contributed by atoms with Gasteiger partial charge in [0.05, 0.1) is 0 Å². The number of fused-ring (bicyclic) bond motifs is 3. The molecule has 1 aliphatic heterocycles. The van der Waals surface area contributed by atoms with E-state index in [4.69, 9.17) is 0 Å². The van der Waals surface area contributed by atoms with E-state index < -0.39 is 28.1 Å². The molecule has 4 aliphatic carbocycles. The van der Waals surface area contributed by atoms with E-state index in [-0.39, 0.29) is 10.8 Å². The average Bonchev–Trinajstić information content (AvgIpc) is 2.81. The second kappa shape index (κ2) is 6.23. The standard InChI is InChI=1S/C25H35N2O4/c1-21(2,3)17-14-16(15-18(28)19(17)29)24-8-11-25(12-9-24,13-10-24)20-26(30)22(4,5)23(6,7)27(20)31/h14-15H,8-13H2,1-7H3/q+1. The number of ketones is 2. The summed E-state index contributed by atoms with van der Waals surface area (Å²) in [4.78, 5) is 38.3. The van der Waals surface area contributed by atoms with Crippen molar-refractivity contribution >= 4 is 17.4 Å². The molecule has 1 heterocycles. The molecule has 0 atom stereocenters. The van der Waals surface area contributed by atoms with Gasteiger partial charge in [0.1, 0.15) is 10.2 Å². The van der Waals surface area contributed by atoms with Gasteiger partial charge in [-0.2, -0.15) is 0 Å². The highest BCUT2D eigenvalue weighted by atomic mass is 16.5. The molecule has 5 aliphatic rings. The zero-order valence-electron chi connectivity index (χ0n) is 19.9. The molecule has 168 valence electrons. The molecule has 3 saturated carbocycles. The molecule has 0 N–H and O–H groups in total. The minimum absolute atomic E-state index is 0.153. The van der Waals surface area contributed by atoms with Crippen LogP contribution >= 0.6 is 0 Å². The summed E-state index contributed by atoms with van der Waals surface area (Å²) in [5, 5.41) is 13.3. The van der Waals surface area contributed by atoms with Crippen LogP contribution in [0.5, 0.6) is 0 Å². The highest BCUT2D eigenvalue weighted by molar-refractivity contribution is 6.48. The highest BCUT2D eigenvalue weighted by Gasteiger charge is 2.73. The Morgan fingerprint density at radius 1 is 0.839 bits per heavy atom. The maximum atomic E-state index is 13.3. The summed E-state index contributed by atoms with van der Waals surface area (Å²) in [5.41, 5.74) is -0.995. The second-order valence-corrected chi connectivity index (χ2v) is 12.2. The van der Waals surface area contributed by atoms with Gasteiger partial charge in [0.15, 0.2) is 0 Å². The summed E-state index contributed by atoms with van der Waals surface area (Å²) >= 11 is 0. The van der Waals surface area contributed by atoms with Crippen molar-refractivity contribution in [2.24, 2.45) is 16.2 Å². The van der Waals surface area contributed by atoms with E-state index in [1.807, 2.05) is 54.5 Å². The molecule has 31 heavy (non-hydrogen) atoms. The van der Waals surface area contributed by atoms with E-state index in [0.29, 0.717) is 11.4 Å². The molecule has 0 radical (unpaired) electrons. The summed E-state index contributed by atoms with van der Waals surface area (Å²) in [5.74, 6) is -0.432. The molecule has 0 spiro atoms. The number of allylic oxidation sites excluding steroid dienone is 4. The Bertz CT molecular complexity index is 977. The van der Waals surface area contributed by atoms with Crippen LogP contribution < -0.4 is 0 Å². The van der Waals surface area contributed by atoms with Crippen molar-refractivity contribution in [2.75, 3.05) is 0 Å².